The quantitative estimate of drug-likeness (QED) is 0.660. The van der Waals surface area contributed by atoms with Gasteiger partial charge in [-0.1, -0.05) is 5.92 Å². The Kier molecular flexibility index (Phi) is 4.37. The number of carbonyl (C=O) groups is 1. The molecule has 0 aromatic carbocycles. The lowest BCUT2D eigenvalue weighted by Crippen LogP contribution is -2.60. The minimum atomic E-state index is -3.04. The van der Waals surface area contributed by atoms with Gasteiger partial charge in [0.2, 0.25) is 5.91 Å². The van der Waals surface area contributed by atoms with Crippen molar-refractivity contribution < 1.29 is 17.9 Å². The average molecular weight is 300 g/mol. The normalized spacial score (nSPS) is 26.5. The summed E-state index contributed by atoms with van der Waals surface area (Å²) in [5.41, 5.74) is -0.306. The van der Waals surface area contributed by atoms with E-state index in [-0.39, 0.29) is 42.2 Å². The predicted molar refractivity (Wildman–Crippen MR) is 74.8 cm³/mol. The van der Waals surface area contributed by atoms with E-state index >= 15 is 0 Å². The lowest BCUT2D eigenvalue weighted by atomic mass is 10.0. The van der Waals surface area contributed by atoms with Crippen LogP contribution in [0.15, 0.2) is 0 Å². The van der Waals surface area contributed by atoms with Crippen molar-refractivity contribution >= 4 is 15.7 Å². The highest BCUT2D eigenvalue weighted by Gasteiger charge is 2.37. The molecule has 6 nitrogen and oxygen atoms in total. The fraction of sp³-hybridized carbons (Fsp3) is 0.769. The molecule has 0 saturated carbocycles. The number of hydrogen-bond acceptors (Lipinski definition) is 5. The first-order chi connectivity index (χ1) is 9.35. The molecule has 2 aliphatic heterocycles. The van der Waals surface area contributed by atoms with Crippen LogP contribution in [0.5, 0.6) is 0 Å². The van der Waals surface area contributed by atoms with Crippen LogP contribution < -0.4 is 5.32 Å². The number of rotatable bonds is 5. The van der Waals surface area contributed by atoms with Gasteiger partial charge in [-0.2, -0.15) is 0 Å². The van der Waals surface area contributed by atoms with Gasteiger partial charge in [-0.15, -0.1) is 6.42 Å². The molecule has 1 N–H and O–H groups in total. The van der Waals surface area contributed by atoms with E-state index in [1.807, 2.05) is 6.92 Å². The Morgan fingerprint density at radius 2 is 2.25 bits per heavy atom. The van der Waals surface area contributed by atoms with Gasteiger partial charge in [-0.25, -0.2) is 8.42 Å². The molecule has 0 aromatic rings. The van der Waals surface area contributed by atoms with E-state index < -0.39 is 9.84 Å². The molecule has 0 bridgehead atoms. The first-order valence-corrected chi connectivity index (χ1v) is 8.45. The Balaban J connectivity index is 1.94. The van der Waals surface area contributed by atoms with E-state index in [1.54, 1.807) is 0 Å². The third kappa shape index (κ3) is 3.51. The fourth-order valence-electron chi connectivity index (χ4n) is 2.44. The van der Waals surface area contributed by atoms with Crippen molar-refractivity contribution in [1.82, 2.24) is 10.2 Å². The van der Waals surface area contributed by atoms with Crippen LogP contribution in [0.3, 0.4) is 0 Å². The van der Waals surface area contributed by atoms with Gasteiger partial charge < -0.3 is 15.0 Å². The highest BCUT2D eigenvalue weighted by molar-refractivity contribution is 7.91. The summed E-state index contributed by atoms with van der Waals surface area (Å²) in [4.78, 5) is 13.7. The Morgan fingerprint density at radius 3 is 2.70 bits per heavy atom. The van der Waals surface area contributed by atoms with E-state index in [4.69, 9.17) is 11.2 Å². The first-order valence-electron chi connectivity index (χ1n) is 6.63. The Labute approximate surface area is 119 Å². The molecule has 1 unspecified atom stereocenters. The molecule has 2 aliphatic rings. The molecule has 2 heterocycles. The number of nitrogens with zero attached hydrogens (tertiary/aromatic N) is 1. The second-order valence-electron chi connectivity index (χ2n) is 5.62. The smallest absolute Gasteiger partial charge is 0.249 e. The molecular formula is C13H20N2O4S. The summed E-state index contributed by atoms with van der Waals surface area (Å²) in [6.07, 6.45) is 5.73. The molecule has 0 radical (unpaired) electrons. The van der Waals surface area contributed by atoms with Crippen molar-refractivity contribution in [2.75, 3.05) is 37.7 Å². The third-order valence-electron chi connectivity index (χ3n) is 3.77. The molecule has 112 valence electrons. The van der Waals surface area contributed by atoms with Gasteiger partial charge in [0.05, 0.1) is 23.7 Å². The maximum Gasteiger partial charge on any atom is 0.249 e. The molecule has 0 spiro atoms. The van der Waals surface area contributed by atoms with Gasteiger partial charge in [-0.05, 0) is 13.3 Å². The van der Waals surface area contributed by atoms with E-state index in [0.29, 0.717) is 19.5 Å². The van der Waals surface area contributed by atoms with Crippen LogP contribution in [0.2, 0.25) is 0 Å². The Bertz CT molecular complexity index is 519. The molecule has 2 fully saturated rings. The van der Waals surface area contributed by atoms with Crippen LogP contribution >= 0.6 is 0 Å². The summed E-state index contributed by atoms with van der Waals surface area (Å²) in [5, 5.41) is 3.08. The van der Waals surface area contributed by atoms with E-state index in [0.717, 1.165) is 0 Å². The Morgan fingerprint density at radius 1 is 1.55 bits per heavy atom. The average Bonchev–Trinajstić information content (AvgIpc) is 2.71. The van der Waals surface area contributed by atoms with Crippen LogP contribution in [-0.2, 0) is 19.4 Å². The standard InChI is InChI=1S/C13H20N2O4S/c1-3-5-15(11-4-6-20(17,18)8-11)12(16)7-19-13(2)9-14-10-13/h1,11,14H,4-10H2,2H3. The SMILES string of the molecule is C#CCN(C(=O)COC1(C)CNC1)C1CCS(=O)(=O)C1. The summed E-state index contributed by atoms with van der Waals surface area (Å²) in [6.45, 7) is 3.43. The largest absolute Gasteiger partial charge is 0.363 e. The highest BCUT2D eigenvalue weighted by atomic mass is 32.2. The van der Waals surface area contributed by atoms with Gasteiger partial charge in [0.1, 0.15) is 6.61 Å². The monoisotopic (exact) mass is 300 g/mol. The predicted octanol–water partition coefficient (Wildman–Crippen LogP) is -0.986. The molecule has 7 heteroatoms. The molecule has 1 amide bonds. The summed E-state index contributed by atoms with van der Waals surface area (Å²) in [6, 6.07) is -0.320. The lowest BCUT2D eigenvalue weighted by molar-refractivity contribution is -0.147. The molecule has 20 heavy (non-hydrogen) atoms. The molecule has 1 atom stereocenters. The Hall–Kier alpha value is -1.10. The molecule has 0 aliphatic carbocycles. The topological polar surface area (TPSA) is 75.7 Å². The number of ether oxygens (including phenoxy) is 1. The van der Waals surface area contributed by atoms with Crippen LogP contribution in [0, 0.1) is 12.3 Å². The fourth-order valence-corrected chi connectivity index (χ4v) is 4.17. The number of terminal acetylenes is 1. The van der Waals surface area contributed by atoms with Crippen molar-refractivity contribution in [3.63, 3.8) is 0 Å². The minimum absolute atomic E-state index is 0.000751. The van der Waals surface area contributed by atoms with E-state index in [2.05, 4.69) is 11.2 Å². The van der Waals surface area contributed by atoms with Gasteiger partial charge in [0, 0.05) is 19.1 Å². The molecular weight excluding hydrogens is 280 g/mol. The third-order valence-corrected chi connectivity index (χ3v) is 5.52. The summed E-state index contributed by atoms with van der Waals surface area (Å²) in [7, 11) is -3.04. The van der Waals surface area contributed by atoms with Gasteiger partial charge in [-0.3, -0.25) is 4.79 Å². The minimum Gasteiger partial charge on any atom is -0.363 e. The first kappa shape index (κ1) is 15.3. The van der Waals surface area contributed by atoms with Crippen molar-refractivity contribution in [3.8, 4) is 12.3 Å². The van der Waals surface area contributed by atoms with Gasteiger partial charge in [0.25, 0.3) is 0 Å². The van der Waals surface area contributed by atoms with Crippen LogP contribution in [0.1, 0.15) is 13.3 Å². The number of carbonyl (C=O) groups excluding carboxylic acids is 1. The number of nitrogens with one attached hydrogen (secondary N) is 1. The van der Waals surface area contributed by atoms with Gasteiger partial charge >= 0.3 is 0 Å². The molecule has 2 rings (SSSR count). The zero-order valence-corrected chi connectivity index (χ0v) is 12.4. The lowest BCUT2D eigenvalue weighted by Gasteiger charge is -2.39. The highest BCUT2D eigenvalue weighted by Crippen LogP contribution is 2.19. The second-order valence-corrected chi connectivity index (χ2v) is 7.85. The zero-order valence-electron chi connectivity index (χ0n) is 11.6. The van der Waals surface area contributed by atoms with Gasteiger partial charge in [0.15, 0.2) is 9.84 Å². The van der Waals surface area contributed by atoms with Crippen LogP contribution in [0.25, 0.3) is 0 Å². The second kappa shape index (κ2) is 5.72. The number of amides is 1. The van der Waals surface area contributed by atoms with Crippen LogP contribution in [0.4, 0.5) is 0 Å². The number of sulfone groups is 1. The van der Waals surface area contributed by atoms with E-state index in [9.17, 15) is 13.2 Å². The molecule has 2 saturated heterocycles. The summed E-state index contributed by atoms with van der Waals surface area (Å²) < 4.78 is 28.6. The maximum atomic E-state index is 12.2. The molecule has 0 aromatic heterocycles. The summed E-state index contributed by atoms with van der Waals surface area (Å²) in [5.74, 6) is 2.30. The van der Waals surface area contributed by atoms with Crippen molar-refractivity contribution in [3.05, 3.63) is 0 Å². The maximum absolute atomic E-state index is 12.2. The number of hydrogen-bond donors (Lipinski definition) is 1. The van der Waals surface area contributed by atoms with E-state index in [1.165, 1.54) is 4.90 Å². The van der Waals surface area contributed by atoms with Crippen molar-refractivity contribution in [1.29, 1.82) is 0 Å². The zero-order chi connectivity index (χ0) is 14.8. The van der Waals surface area contributed by atoms with Crippen molar-refractivity contribution in [2.45, 2.75) is 25.0 Å². The van der Waals surface area contributed by atoms with Crippen molar-refractivity contribution in [2.24, 2.45) is 0 Å². The van der Waals surface area contributed by atoms with Crippen LogP contribution in [-0.4, -0.2) is 68.6 Å². The summed E-state index contributed by atoms with van der Waals surface area (Å²) >= 11 is 0.